The van der Waals surface area contributed by atoms with Gasteiger partial charge in [-0.05, 0) is 61.4 Å². The van der Waals surface area contributed by atoms with Crippen LogP contribution in [0.15, 0.2) is 54.6 Å². The predicted molar refractivity (Wildman–Crippen MR) is 143 cm³/mol. The molecule has 0 saturated heterocycles. The number of benzene rings is 3. The lowest BCUT2D eigenvalue weighted by Gasteiger charge is -2.26. The lowest BCUT2D eigenvalue weighted by atomic mass is 9.95. The van der Waals surface area contributed by atoms with Crippen molar-refractivity contribution in [2.75, 3.05) is 32.8 Å². The molecule has 206 valence electrons. The third-order valence-corrected chi connectivity index (χ3v) is 6.71. The van der Waals surface area contributed by atoms with Gasteiger partial charge in [-0.3, -0.25) is 9.59 Å². The molecule has 3 aromatic carbocycles. The van der Waals surface area contributed by atoms with Gasteiger partial charge in [0, 0.05) is 17.2 Å². The Morgan fingerprint density at radius 3 is 2.44 bits per heavy atom. The zero-order valence-corrected chi connectivity index (χ0v) is 22.7. The molecule has 8 nitrogen and oxygen atoms in total. The highest BCUT2D eigenvalue weighted by molar-refractivity contribution is 6.00. The lowest BCUT2D eigenvalue weighted by molar-refractivity contribution is -0.151. The highest BCUT2D eigenvalue weighted by atomic mass is 19.1. The summed E-state index contributed by atoms with van der Waals surface area (Å²) in [6.45, 7) is 3.80. The van der Waals surface area contributed by atoms with Crippen molar-refractivity contribution in [3.63, 3.8) is 0 Å². The van der Waals surface area contributed by atoms with Crippen LogP contribution >= 0.6 is 0 Å². The van der Waals surface area contributed by atoms with Gasteiger partial charge >= 0.3 is 5.97 Å². The number of halogens is 1. The number of nitrogens with zero attached hydrogens (tertiary/aromatic N) is 1. The second kappa shape index (κ2) is 12.2. The number of hydrogen-bond acceptors (Lipinski definition) is 7. The number of fused-ring (bicyclic) bond motifs is 1. The second-order valence-corrected chi connectivity index (χ2v) is 8.99. The number of rotatable bonds is 9. The van der Waals surface area contributed by atoms with E-state index in [9.17, 15) is 14.0 Å². The summed E-state index contributed by atoms with van der Waals surface area (Å²) in [5, 5.41) is 0. The quantitative estimate of drug-likeness (QED) is 0.350. The van der Waals surface area contributed by atoms with Crippen molar-refractivity contribution < 1.29 is 37.7 Å². The van der Waals surface area contributed by atoms with Crippen molar-refractivity contribution in [3.8, 4) is 17.2 Å². The van der Waals surface area contributed by atoms with Crippen LogP contribution in [0.3, 0.4) is 0 Å². The van der Waals surface area contributed by atoms with Crippen molar-refractivity contribution in [1.29, 1.82) is 0 Å². The van der Waals surface area contributed by atoms with Gasteiger partial charge in [0.1, 0.15) is 35.3 Å². The van der Waals surface area contributed by atoms with E-state index in [1.165, 1.54) is 24.1 Å². The second-order valence-electron chi connectivity index (χ2n) is 8.99. The molecule has 0 radical (unpaired) electrons. The minimum Gasteiger partial charge on any atom is -0.497 e. The molecule has 0 saturated carbocycles. The summed E-state index contributed by atoms with van der Waals surface area (Å²) >= 11 is 0. The fourth-order valence-electron chi connectivity index (χ4n) is 4.77. The summed E-state index contributed by atoms with van der Waals surface area (Å²) < 4.78 is 42.6. The van der Waals surface area contributed by atoms with E-state index in [1.807, 2.05) is 19.1 Å². The van der Waals surface area contributed by atoms with Crippen LogP contribution in [0.25, 0.3) is 0 Å². The van der Waals surface area contributed by atoms with Gasteiger partial charge in [0.2, 0.25) is 0 Å². The molecule has 1 aliphatic rings. The van der Waals surface area contributed by atoms with Crippen molar-refractivity contribution in [2.24, 2.45) is 0 Å². The van der Waals surface area contributed by atoms with Crippen LogP contribution < -0.4 is 19.1 Å². The minimum absolute atomic E-state index is 0.0805. The van der Waals surface area contributed by atoms with Gasteiger partial charge in [-0.25, -0.2) is 4.39 Å². The van der Waals surface area contributed by atoms with E-state index in [2.05, 4.69) is 0 Å². The van der Waals surface area contributed by atoms with E-state index in [-0.39, 0.29) is 19.6 Å². The summed E-state index contributed by atoms with van der Waals surface area (Å²) in [6, 6.07) is 14.9. The Kier molecular flexibility index (Phi) is 8.71. The average molecular weight is 538 g/mol. The van der Waals surface area contributed by atoms with Crippen molar-refractivity contribution in [1.82, 2.24) is 0 Å². The first kappa shape index (κ1) is 27.9. The van der Waals surface area contributed by atoms with Gasteiger partial charge in [0.25, 0.3) is 5.91 Å². The fourth-order valence-corrected chi connectivity index (χ4v) is 4.77. The molecule has 0 unspecified atom stereocenters. The van der Waals surface area contributed by atoms with Gasteiger partial charge in [-0.1, -0.05) is 12.1 Å². The molecule has 0 bridgehead atoms. The van der Waals surface area contributed by atoms with Crippen LogP contribution in [0.5, 0.6) is 17.2 Å². The summed E-state index contributed by atoms with van der Waals surface area (Å²) in [6.07, 6.45) is -2.37. The summed E-state index contributed by atoms with van der Waals surface area (Å²) in [5.41, 5.74) is 3.05. The van der Waals surface area contributed by atoms with E-state index >= 15 is 0 Å². The first-order valence-corrected chi connectivity index (χ1v) is 12.6. The Morgan fingerprint density at radius 2 is 1.74 bits per heavy atom. The van der Waals surface area contributed by atoms with E-state index in [4.69, 9.17) is 23.7 Å². The van der Waals surface area contributed by atoms with Gasteiger partial charge in [-0.15, -0.1) is 0 Å². The average Bonchev–Trinajstić information content (AvgIpc) is 3.04. The number of hydrogen-bond donors (Lipinski definition) is 0. The first-order chi connectivity index (χ1) is 18.8. The number of esters is 1. The van der Waals surface area contributed by atoms with E-state index in [0.717, 1.165) is 5.56 Å². The molecular weight excluding hydrogens is 505 g/mol. The third kappa shape index (κ3) is 5.83. The number of carbonyl (C=O) groups excluding carboxylic acids is 2. The van der Waals surface area contributed by atoms with Crippen molar-refractivity contribution in [3.05, 3.63) is 82.7 Å². The zero-order chi connectivity index (χ0) is 28.1. The number of amides is 1. The summed E-state index contributed by atoms with van der Waals surface area (Å²) in [4.78, 5) is 28.1. The third-order valence-electron chi connectivity index (χ3n) is 6.71. The van der Waals surface area contributed by atoms with Crippen LogP contribution in [0.1, 0.15) is 41.7 Å². The predicted octanol–water partition coefficient (Wildman–Crippen LogP) is 5.13. The lowest BCUT2D eigenvalue weighted by Crippen LogP contribution is -2.40. The molecule has 1 amide bonds. The fraction of sp³-hybridized carbons (Fsp3) is 0.333. The van der Waals surface area contributed by atoms with Crippen LogP contribution in [0.4, 0.5) is 10.1 Å². The number of anilines is 1. The van der Waals surface area contributed by atoms with Gasteiger partial charge in [-0.2, -0.15) is 0 Å². The summed E-state index contributed by atoms with van der Waals surface area (Å²) in [7, 11) is 4.64. The molecule has 1 aliphatic heterocycles. The van der Waals surface area contributed by atoms with Crippen LogP contribution in [-0.4, -0.2) is 45.9 Å². The molecule has 0 aliphatic carbocycles. The largest absolute Gasteiger partial charge is 0.497 e. The molecule has 2 atom stereocenters. The molecule has 1 heterocycles. The van der Waals surface area contributed by atoms with Gasteiger partial charge < -0.3 is 28.6 Å². The molecule has 0 fully saturated rings. The SMILES string of the molecule is CCOC(=O)C[C@H]1O[C@H](c2cccc(OC)c2C)c2cc(F)ccc2N(Cc2ccc(OC)cc2OC)C1=O. The number of ether oxygens (including phenoxy) is 5. The maximum Gasteiger partial charge on any atom is 0.308 e. The van der Waals surface area contributed by atoms with Gasteiger partial charge in [0.05, 0.1) is 46.6 Å². The molecule has 4 rings (SSSR count). The molecule has 39 heavy (non-hydrogen) atoms. The molecular formula is C30H32FNO7. The van der Waals surface area contributed by atoms with Crippen LogP contribution in [0, 0.1) is 12.7 Å². The monoisotopic (exact) mass is 537 g/mol. The Labute approximate surface area is 227 Å². The van der Waals surface area contributed by atoms with E-state index < -0.39 is 29.9 Å². The van der Waals surface area contributed by atoms with E-state index in [0.29, 0.717) is 39.6 Å². The van der Waals surface area contributed by atoms with Crippen molar-refractivity contribution >= 4 is 17.6 Å². The van der Waals surface area contributed by atoms with Gasteiger partial charge in [0.15, 0.2) is 0 Å². The zero-order valence-electron chi connectivity index (χ0n) is 22.7. The molecule has 3 aromatic rings. The maximum atomic E-state index is 14.7. The Morgan fingerprint density at radius 1 is 0.974 bits per heavy atom. The minimum atomic E-state index is -1.20. The van der Waals surface area contributed by atoms with Crippen LogP contribution in [0.2, 0.25) is 0 Å². The molecule has 0 spiro atoms. The topological polar surface area (TPSA) is 83.5 Å². The molecule has 0 N–H and O–H groups in total. The van der Waals surface area contributed by atoms with E-state index in [1.54, 1.807) is 51.5 Å². The normalized spacial score (nSPS) is 16.8. The number of carbonyl (C=O) groups is 2. The molecule has 0 aromatic heterocycles. The maximum absolute atomic E-state index is 14.7. The highest BCUT2D eigenvalue weighted by Gasteiger charge is 2.39. The smallest absolute Gasteiger partial charge is 0.308 e. The standard InChI is InChI=1S/C30H32FNO7/c1-6-38-28(33)16-27-30(34)32(17-19-10-12-21(35-3)15-26(19)37-5)24-13-11-20(31)14-23(24)29(39-27)22-8-7-9-25(36-4)18(22)2/h7-15,27,29H,6,16-17H2,1-5H3/t27-,29-/m1/s1. The van der Waals surface area contributed by atoms with Crippen LogP contribution in [-0.2, 0) is 25.6 Å². The Balaban J connectivity index is 1.88. The van der Waals surface area contributed by atoms with Crippen molar-refractivity contribution in [2.45, 2.75) is 39.0 Å². The first-order valence-electron chi connectivity index (χ1n) is 12.6. The number of methoxy groups -OCH3 is 3. The Hall–Kier alpha value is -4.11. The highest BCUT2D eigenvalue weighted by Crippen LogP contribution is 2.42. The Bertz CT molecular complexity index is 1360. The summed E-state index contributed by atoms with van der Waals surface area (Å²) in [5.74, 6) is 0.205. The molecule has 9 heteroatoms.